The Bertz CT molecular complexity index is 164. The smallest absolute Gasteiger partial charge is 0.0224 e. The van der Waals surface area contributed by atoms with E-state index < -0.39 is 0 Å². The van der Waals surface area contributed by atoms with Gasteiger partial charge in [0.1, 0.15) is 0 Å². The molecule has 0 heterocycles. The van der Waals surface area contributed by atoms with Crippen LogP contribution < -0.4 is 5.30 Å². The van der Waals surface area contributed by atoms with Crippen LogP contribution in [0.3, 0.4) is 0 Å². The lowest BCUT2D eigenvalue weighted by Gasteiger charge is -1.90. The van der Waals surface area contributed by atoms with Gasteiger partial charge >= 0.3 is 0 Å². The van der Waals surface area contributed by atoms with Crippen molar-refractivity contribution in [2.24, 2.45) is 0 Å². The molecular formula is C7H8P. The van der Waals surface area contributed by atoms with Gasteiger partial charge in [-0.1, -0.05) is 39.1 Å². The number of hydrogen-bond donors (Lipinski definition) is 0. The molecule has 0 atom stereocenters. The molecule has 0 N–H and O–H groups in total. The van der Waals surface area contributed by atoms with Crippen LogP contribution in [0.5, 0.6) is 0 Å². The summed E-state index contributed by atoms with van der Waals surface area (Å²) in [5.41, 5.74) is 1.29. The summed E-state index contributed by atoms with van der Waals surface area (Å²) >= 11 is 0. The molecule has 0 aliphatic heterocycles. The van der Waals surface area contributed by atoms with Gasteiger partial charge in [-0.3, -0.25) is 0 Å². The highest BCUT2D eigenvalue weighted by molar-refractivity contribution is 7.27. The maximum atomic E-state index is 3.41. The van der Waals surface area contributed by atoms with Gasteiger partial charge in [-0.25, -0.2) is 0 Å². The van der Waals surface area contributed by atoms with E-state index in [1.165, 1.54) is 5.56 Å². The molecule has 0 aliphatic rings. The standard InChI is InChI=1S/C7H8P/c1-6-3-2-4-7(8)5-6/h2-5,8H,1H3. The lowest BCUT2D eigenvalue weighted by molar-refractivity contribution is 1.50. The summed E-state index contributed by atoms with van der Waals surface area (Å²) < 4.78 is 0. The fraction of sp³-hybridized carbons (Fsp3) is 0.143. The molecule has 0 amide bonds. The maximum Gasteiger partial charge on any atom is -0.0224 e. The predicted octanol–water partition coefficient (Wildman–Crippen LogP) is 1.76. The van der Waals surface area contributed by atoms with Crippen molar-refractivity contribution >= 4 is 14.5 Å². The highest BCUT2D eigenvalue weighted by Gasteiger charge is 1.81. The topological polar surface area (TPSA) is 0 Å². The highest BCUT2D eigenvalue weighted by Crippen LogP contribution is 1.95. The molecule has 0 aromatic heterocycles. The van der Waals surface area contributed by atoms with E-state index in [0.717, 1.165) is 5.30 Å². The van der Waals surface area contributed by atoms with Gasteiger partial charge in [-0.05, 0) is 12.2 Å². The van der Waals surface area contributed by atoms with Crippen LogP contribution in [0.4, 0.5) is 0 Å². The fourth-order valence-corrected chi connectivity index (χ4v) is 0.969. The number of rotatable bonds is 0. The lowest BCUT2D eigenvalue weighted by atomic mass is 10.2. The van der Waals surface area contributed by atoms with Crippen LogP contribution in [0, 0.1) is 6.92 Å². The van der Waals surface area contributed by atoms with E-state index in [9.17, 15) is 0 Å². The summed E-state index contributed by atoms with van der Waals surface area (Å²) in [6.45, 7) is 2.07. The van der Waals surface area contributed by atoms with E-state index in [4.69, 9.17) is 0 Å². The fourth-order valence-electron chi connectivity index (χ4n) is 0.645. The Morgan fingerprint density at radius 2 is 2.12 bits per heavy atom. The van der Waals surface area contributed by atoms with Gasteiger partial charge in [-0.15, -0.1) is 0 Å². The Morgan fingerprint density at radius 3 is 2.50 bits per heavy atom. The zero-order valence-electron chi connectivity index (χ0n) is 4.81. The Hall–Kier alpha value is -0.350. The second-order valence-electron chi connectivity index (χ2n) is 1.87. The zero-order valence-corrected chi connectivity index (χ0v) is 5.81. The van der Waals surface area contributed by atoms with Crippen molar-refractivity contribution in [2.75, 3.05) is 0 Å². The number of benzene rings is 1. The average molecular weight is 123 g/mol. The van der Waals surface area contributed by atoms with Crippen molar-refractivity contribution < 1.29 is 0 Å². The minimum Gasteiger partial charge on any atom is -0.0634 e. The molecule has 0 spiro atoms. The largest absolute Gasteiger partial charge is 0.0634 e. The van der Waals surface area contributed by atoms with Gasteiger partial charge in [0.15, 0.2) is 0 Å². The van der Waals surface area contributed by atoms with Gasteiger partial charge in [0.25, 0.3) is 0 Å². The van der Waals surface area contributed by atoms with Crippen LogP contribution in [0.2, 0.25) is 0 Å². The van der Waals surface area contributed by atoms with E-state index in [0.29, 0.717) is 0 Å². The molecule has 0 aliphatic carbocycles. The molecule has 41 valence electrons. The molecule has 0 fully saturated rings. The molecule has 0 unspecified atom stereocenters. The molecular weight excluding hydrogens is 115 g/mol. The van der Waals surface area contributed by atoms with Crippen molar-refractivity contribution in [2.45, 2.75) is 6.92 Å². The van der Waals surface area contributed by atoms with Gasteiger partial charge in [0, 0.05) is 0 Å². The quantitative estimate of drug-likeness (QED) is 0.461. The van der Waals surface area contributed by atoms with Crippen molar-refractivity contribution in [3.63, 3.8) is 0 Å². The number of aryl methyl sites for hydroxylation is 1. The molecule has 0 nitrogen and oxygen atoms in total. The second kappa shape index (κ2) is 2.28. The van der Waals surface area contributed by atoms with E-state index in [1.54, 1.807) is 0 Å². The summed E-state index contributed by atoms with van der Waals surface area (Å²) in [5.74, 6) is 0. The lowest BCUT2D eigenvalue weighted by Crippen LogP contribution is -1.87. The minimum absolute atomic E-state index is 1.14. The van der Waals surface area contributed by atoms with E-state index in [1.807, 2.05) is 12.1 Å². The maximum absolute atomic E-state index is 3.41. The SMILES string of the molecule is Cc1cccc([PH])c1. The molecule has 0 saturated carbocycles. The minimum atomic E-state index is 1.14. The molecule has 1 aromatic rings. The Kier molecular flexibility index (Phi) is 1.65. The van der Waals surface area contributed by atoms with E-state index in [-0.39, 0.29) is 0 Å². The van der Waals surface area contributed by atoms with Gasteiger partial charge in [0.05, 0.1) is 0 Å². The normalized spacial score (nSPS) is 9.25. The van der Waals surface area contributed by atoms with Gasteiger partial charge in [0.2, 0.25) is 0 Å². The molecule has 1 radical (unpaired) electrons. The molecule has 1 rings (SSSR count). The summed E-state index contributed by atoms with van der Waals surface area (Å²) in [6, 6.07) is 8.20. The van der Waals surface area contributed by atoms with Crippen LogP contribution in [0.25, 0.3) is 0 Å². The van der Waals surface area contributed by atoms with Crippen molar-refractivity contribution in [3.8, 4) is 0 Å². The summed E-state index contributed by atoms with van der Waals surface area (Å²) in [4.78, 5) is 0. The Labute approximate surface area is 52.1 Å². The third-order valence-electron chi connectivity index (χ3n) is 1.02. The van der Waals surface area contributed by atoms with Crippen molar-refractivity contribution in [1.82, 2.24) is 0 Å². The van der Waals surface area contributed by atoms with Gasteiger partial charge < -0.3 is 0 Å². The van der Waals surface area contributed by atoms with Crippen LogP contribution in [-0.4, -0.2) is 0 Å². The predicted molar refractivity (Wildman–Crippen MR) is 39.1 cm³/mol. The second-order valence-corrected chi connectivity index (χ2v) is 2.45. The third-order valence-corrected chi connectivity index (χ3v) is 1.33. The first kappa shape index (κ1) is 5.78. The summed E-state index contributed by atoms with van der Waals surface area (Å²) in [7, 11) is 3.41. The molecule has 0 saturated heterocycles. The van der Waals surface area contributed by atoms with Gasteiger partial charge in [-0.2, -0.15) is 0 Å². The molecule has 1 heteroatoms. The highest BCUT2D eigenvalue weighted by atomic mass is 31.0. The summed E-state index contributed by atoms with van der Waals surface area (Å²) in [5, 5.41) is 1.14. The first-order chi connectivity index (χ1) is 3.79. The zero-order chi connectivity index (χ0) is 5.98. The average Bonchev–Trinajstić information content (AvgIpc) is 1.64. The molecule has 0 bridgehead atoms. The summed E-state index contributed by atoms with van der Waals surface area (Å²) in [6.07, 6.45) is 0. The van der Waals surface area contributed by atoms with Crippen LogP contribution >= 0.6 is 9.24 Å². The van der Waals surface area contributed by atoms with E-state index in [2.05, 4.69) is 28.3 Å². The van der Waals surface area contributed by atoms with Crippen LogP contribution in [0.15, 0.2) is 24.3 Å². The Balaban J connectivity index is 3.08. The Morgan fingerprint density at radius 1 is 1.38 bits per heavy atom. The van der Waals surface area contributed by atoms with E-state index >= 15 is 0 Å². The first-order valence-corrected chi connectivity index (χ1v) is 3.07. The van der Waals surface area contributed by atoms with Crippen LogP contribution in [-0.2, 0) is 0 Å². The first-order valence-electron chi connectivity index (χ1n) is 2.57. The monoisotopic (exact) mass is 123 g/mol. The van der Waals surface area contributed by atoms with Crippen molar-refractivity contribution in [3.05, 3.63) is 29.8 Å². The van der Waals surface area contributed by atoms with Crippen LogP contribution in [0.1, 0.15) is 5.56 Å². The molecule has 8 heavy (non-hydrogen) atoms. The third kappa shape index (κ3) is 1.31. The number of hydrogen-bond acceptors (Lipinski definition) is 0. The van der Waals surface area contributed by atoms with Crippen molar-refractivity contribution in [1.29, 1.82) is 0 Å². The molecule has 1 aromatic carbocycles.